The molecule has 0 saturated heterocycles. The van der Waals surface area contributed by atoms with E-state index in [0.717, 1.165) is 54.7 Å². The first-order valence-electron chi connectivity index (χ1n) is 22.1. The van der Waals surface area contributed by atoms with Crippen molar-refractivity contribution in [1.29, 1.82) is 0 Å². The molecule has 18 heteroatoms. The lowest BCUT2D eigenvalue weighted by Crippen LogP contribution is -2.15. The van der Waals surface area contributed by atoms with Crippen LogP contribution in [0.4, 0.5) is 0 Å². The van der Waals surface area contributed by atoms with Gasteiger partial charge in [-0.3, -0.25) is 12.5 Å². The van der Waals surface area contributed by atoms with Gasteiger partial charge in [0.25, 0.3) is 30.4 Å². The number of hydrogen-bond donors (Lipinski definition) is 1. The lowest BCUT2D eigenvalue weighted by molar-refractivity contribution is 0.221. The highest BCUT2D eigenvalue weighted by molar-refractivity contribution is 7.87. The molecule has 0 atom stereocenters. The van der Waals surface area contributed by atoms with Crippen molar-refractivity contribution >= 4 is 73.5 Å². The maximum absolute atomic E-state index is 12.1. The number of aromatic hydroxyl groups is 1. The molecule has 7 aromatic carbocycles. The second-order valence-electron chi connectivity index (χ2n) is 15.8. The Bertz CT molecular complexity index is 3690. The van der Waals surface area contributed by atoms with Gasteiger partial charge in [0.15, 0.2) is 0 Å². The smallest absolute Gasteiger partial charge is 0.297 e. The number of hydrogen-bond acceptors (Lipinski definition) is 15. The van der Waals surface area contributed by atoms with Crippen molar-refractivity contribution in [3.8, 4) is 35.2 Å². The maximum Gasteiger partial charge on any atom is 0.297 e. The molecule has 0 unspecified atom stereocenters. The van der Waals surface area contributed by atoms with Gasteiger partial charge >= 0.3 is 0 Å². The normalized spacial score (nSPS) is 11.2. The number of benzene rings is 7. The Morgan fingerprint density at radius 1 is 0.425 bits per heavy atom. The van der Waals surface area contributed by atoms with Gasteiger partial charge in [0, 0.05) is 22.3 Å². The van der Waals surface area contributed by atoms with Crippen LogP contribution >= 0.6 is 22.7 Å². The predicted octanol–water partition coefficient (Wildman–Crippen LogP) is 10.6. The third-order valence-electron chi connectivity index (χ3n) is 10.2. The number of thiazole rings is 2. The number of fused-ring (bicyclic) bond motifs is 2. The topological polar surface area (TPSA) is 185 Å². The third kappa shape index (κ3) is 16.1. The van der Waals surface area contributed by atoms with Gasteiger partial charge in [-0.1, -0.05) is 76.8 Å². The Labute approximate surface area is 433 Å². The fourth-order valence-corrected chi connectivity index (χ4v) is 10.2. The molecule has 0 bridgehead atoms. The van der Waals surface area contributed by atoms with Crippen molar-refractivity contribution < 1.29 is 47.6 Å². The van der Waals surface area contributed by atoms with E-state index in [0.29, 0.717) is 5.75 Å². The molecule has 0 aliphatic heterocycles. The quantitative estimate of drug-likeness (QED) is 0.0654. The summed E-state index contributed by atoms with van der Waals surface area (Å²) in [5, 5.41) is 9.18. The molecule has 13 nitrogen and oxygen atoms in total. The molecule has 0 amide bonds. The summed E-state index contributed by atoms with van der Waals surface area (Å²) in [5.41, 5.74) is 12.0. The van der Waals surface area contributed by atoms with E-state index in [-0.39, 0.29) is 33.6 Å². The van der Waals surface area contributed by atoms with Crippen molar-refractivity contribution in [1.82, 2.24) is 9.97 Å². The van der Waals surface area contributed by atoms with Crippen LogP contribution < -0.4 is 4.74 Å². The molecule has 2 aromatic heterocycles. The summed E-state index contributed by atoms with van der Waals surface area (Å²) >= 11 is 3.23. The summed E-state index contributed by atoms with van der Waals surface area (Å²) in [5.74, 6) is 13.3. The van der Waals surface area contributed by atoms with Gasteiger partial charge in [-0.2, -0.15) is 25.3 Å². The summed E-state index contributed by atoms with van der Waals surface area (Å²) in [4.78, 5) is 8.72. The zero-order valence-corrected chi connectivity index (χ0v) is 43.5. The molecule has 0 aliphatic carbocycles. The molecule has 1 N–H and O–H groups in total. The number of aryl methyl sites for hydroxylation is 3. The van der Waals surface area contributed by atoms with E-state index in [1.807, 2.05) is 80.3 Å². The lowest BCUT2D eigenvalue weighted by Gasteiger charge is -2.08. The number of phenols is 1. The highest BCUT2D eigenvalue weighted by Gasteiger charge is 2.18. The van der Waals surface area contributed by atoms with Gasteiger partial charge < -0.3 is 9.84 Å². The van der Waals surface area contributed by atoms with E-state index in [1.54, 1.807) is 95.5 Å². The average Bonchev–Trinajstić information content (AvgIpc) is 4.07. The third-order valence-corrected chi connectivity index (χ3v) is 15.8. The summed E-state index contributed by atoms with van der Waals surface area (Å²) < 4.78 is 94.6. The fourth-order valence-electron chi connectivity index (χ4n) is 6.25. The van der Waals surface area contributed by atoms with E-state index in [4.69, 9.17) is 17.3 Å². The summed E-state index contributed by atoms with van der Waals surface area (Å²) in [7, 11) is -11.7. The molecule has 9 rings (SSSR count). The van der Waals surface area contributed by atoms with Crippen LogP contribution in [0, 0.1) is 44.5 Å². The van der Waals surface area contributed by atoms with Gasteiger partial charge in [0.05, 0.1) is 59.4 Å². The van der Waals surface area contributed by atoms with Gasteiger partial charge in [-0.25, -0.2) is 9.97 Å². The minimum Gasteiger partial charge on any atom is -0.508 e. The molecular formula is C55H46N2O11S5. The van der Waals surface area contributed by atoms with Crippen molar-refractivity contribution in [3.63, 3.8) is 0 Å². The molecule has 0 radical (unpaired) electrons. The average molecular weight is 1070 g/mol. The van der Waals surface area contributed by atoms with Gasteiger partial charge in [-0.05, 0) is 142 Å². The van der Waals surface area contributed by atoms with Gasteiger partial charge in [-0.15, -0.1) is 22.7 Å². The molecule has 9 aromatic rings. The second kappa shape index (κ2) is 24.9. The van der Waals surface area contributed by atoms with Gasteiger partial charge in [0.2, 0.25) is 0 Å². The first-order valence-corrected chi connectivity index (χ1v) is 28.1. The molecule has 73 heavy (non-hydrogen) atoms. The minimum absolute atomic E-state index is 0.00879. The Morgan fingerprint density at radius 3 is 1.14 bits per heavy atom. The Morgan fingerprint density at radius 2 is 0.753 bits per heavy atom. The summed E-state index contributed by atoms with van der Waals surface area (Å²) in [6.07, 6.45) is 0. The standard InChI is InChI=1S/C24H19NO4S2.C16H18O6S2.C15H9NOS/c1-18-2-11-22(12-3-18)31(26,27)29-15-14-28-21-9-6-19(7-10-21)4-5-20-8-13-24-23(16-20)25-17-30-24;1-13-3-7-15(8-4-13)23(17,18)21-11-12-22-24(19,20)16-9-5-14(2)6-10-16;17-13-6-3-11(4-7-13)1-2-12-5-8-15-14(9-12)16-10-18-15/h2-3,6-13,16-17H,14-15H2,1H3;3-10H,11-12H2,1-2H3;3-10,17H. The minimum atomic E-state index is -3.94. The molecule has 0 fully saturated rings. The highest BCUT2D eigenvalue weighted by atomic mass is 32.2. The number of phenolic OH excluding ortho intramolecular Hbond substituents is 1. The van der Waals surface area contributed by atoms with E-state index in [2.05, 4.69) is 33.6 Å². The van der Waals surface area contributed by atoms with E-state index in [1.165, 1.54) is 41.1 Å². The van der Waals surface area contributed by atoms with Crippen LogP contribution in [0.3, 0.4) is 0 Å². The van der Waals surface area contributed by atoms with Crippen LogP contribution in [-0.4, -0.2) is 66.8 Å². The van der Waals surface area contributed by atoms with Crippen molar-refractivity contribution in [2.75, 3.05) is 26.4 Å². The van der Waals surface area contributed by atoms with Crippen molar-refractivity contribution in [2.45, 2.75) is 35.5 Å². The number of aromatic nitrogens is 2. The number of ether oxygens (including phenoxy) is 1. The Hall–Kier alpha value is -7.23. The molecule has 0 aliphatic rings. The van der Waals surface area contributed by atoms with Crippen molar-refractivity contribution in [3.05, 3.63) is 208 Å². The summed E-state index contributed by atoms with van der Waals surface area (Å²) in [6, 6.07) is 45.0. The van der Waals surface area contributed by atoms with Gasteiger partial charge in [0.1, 0.15) is 24.7 Å². The number of nitrogens with zero attached hydrogens (tertiary/aromatic N) is 2. The van der Waals surface area contributed by atoms with E-state index < -0.39 is 43.6 Å². The van der Waals surface area contributed by atoms with Crippen LogP contribution in [-0.2, 0) is 42.9 Å². The predicted molar refractivity (Wildman–Crippen MR) is 284 cm³/mol. The first-order chi connectivity index (χ1) is 35.0. The fraction of sp³-hybridized carbons (Fsp3) is 0.127. The van der Waals surface area contributed by atoms with Crippen LogP contribution in [0.1, 0.15) is 38.9 Å². The van der Waals surface area contributed by atoms with Crippen LogP contribution in [0.15, 0.2) is 183 Å². The number of rotatable bonds is 13. The highest BCUT2D eigenvalue weighted by Crippen LogP contribution is 2.21. The van der Waals surface area contributed by atoms with Crippen LogP contribution in [0.5, 0.6) is 11.5 Å². The Kier molecular flexibility index (Phi) is 18.3. The second-order valence-corrected chi connectivity index (χ2v) is 22.4. The monoisotopic (exact) mass is 1070 g/mol. The zero-order valence-electron chi connectivity index (χ0n) is 39.5. The lowest BCUT2D eigenvalue weighted by atomic mass is 10.1. The largest absolute Gasteiger partial charge is 0.508 e. The van der Waals surface area contributed by atoms with Crippen LogP contribution in [0.2, 0.25) is 0 Å². The molecule has 372 valence electrons. The van der Waals surface area contributed by atoms with Crippen LogP contribution in [0.25, 0.3) is 20.4 Å². The molecule has 0 spiro atoms. The van der Waals surface area contributed by atoms with E-state index >= 15 is 0 Å². The molecular weight excluding hydrogens is 1020 g/mol. The first kappa shape index (κ1) is 53.6. The zero-order chi connectivity index (χ0) is 51.9. The SMILES string of the molecule is Cc1ccc(S(=O)(=O)OCCOS(=O)(=O)c2ccc(C)cc2)cc1.Cc1ccc(S(=O)(=O)OCCOc2ccc(C#Cc3ccc4scnc4c3)cc2)cc1.Oc1ccc(C#Cc2ccc3scnc3c2)cc1. The maximum atomic E-state index is 12.1. The summed E-state index contributed by atoms with van der Waals surface area (Å²) in [6.45, 7) is 4.80. The van der Waals surface area contributed by atoms with E-state index in [9.17, 15) is 30.4 Å². The molecule has 0 saturated carbocycles. The molecule has 2 heterocycles. The van der Waals surface area contributed by atoms with Crippen molar-refractivity contribution in [2.24, 2.45) is 0 Å². The Balaban J connectivity index is 0.000000166.